The normalized spacial score (nSPS) is 11.5. The summed E-state index contributed by atoms with van der Waals surface area (Å²) in [7, 11) is 0. The van der Waals surface area contributed by atoms with E-state index in [0.29, 0.717) is 45.9 Å². The van der Waals surface area contributed by atoms with Gasteiger partial charge in [-0.1, -0.05) is 50.2 Å². The maximum atomic E-state index is 12.9. The molecule has 3 rings (SSSR count). The molecule has 0 heterocycles. The van der Waals surface area contributed by atoms with E-state index >= 15 is 0 Å². The standard InChI is InChI=1S/C32H35BrN4O5/c1-5-40-29-16-23(15-26(33)31(29)42-19-25-12-8-7-11-24(25)17-34)18-35-37-32(39)27(14-21(2)3)36-30(38)20-41-28-13-9-6-10-22(28)4/h6-13,15-16,18,21,27H,5,14,19-20H2,1-4H3,(H,36,38)(H,37,39)/b35-18-/t27-/m0/s1. The van der Waals surface area contributed by atoms with E-state index in [9.17, 15) is 14.9 Å². The highest BCUT2D eigenvalue weighted by molar-refractivity contribution is 9.10. The zero-order chi connectivity index (χ0) is 30.5. The number of carbonyl (C=O) groups excluding carboxylic acids is 2. The van der Waals surface area contributed by atoms with Crippen LogP contribution in [-0.2, 0) is 16.2 Å². The van der Waals surface area contributed by atoms with E-state index in [1.165, 1.54) is 6.21 Å². The molecule has 0 aliphatic rings. The molecule has 0 aliphatic carbocycles. The molecule has 0 radical (unpaired) electrons. The number of rotatable bonds is 14. The average molecular weight is 636 g/mol. The van der Waals surface area contributed by atoms with Crippen LogP contribution in [0.1, 0.15) is 49.4 Å². The van der Waals surface area contributed by atoms with Crippen molar-refractivity contribution in [2.45, 2.75) is 46.8 Å². The summed E-state index contributed by atoms with van der Waals surface area (Å²) in [6, 6.07) is 19.5. The molecule has 3 aromatic carbocycles. The minimum atomic E-state index is -0.784. The number of carbonyl (C=O) groups is 2. The molecule has 1 atom stereocenters. The van der Waals surface area contributed by atoms with Crippen molar-refractivity contribution in [3.63, 3.8) is 0 Å². The summed E-state index contributed by atoms with van der Waals surface area (Å²) >= 11 is 3.53. The Morgan fingerprint density at radius 2 is 1.79 bits per heavy atom. The second-order valence-corrected chi connectivity index (χ2v) is 10.7. The Balaban J connectivity index is 1.65. The molecule has 0 fully saturated rings. The summed E-state index contributed by atoms with van der Waals surface area (Å²) < 4.78 is 18.0. The number of nitriles is 1. The van der Waals surface area contributed by atoms with E-state index in [1.54, 1.807) is 30.3 Å². The molecule has 220 valence electrons. The fraction of sp³-hybridized carbons (Fsp3) is 0.312. The lowest BCUT2D eigenvalue weighted by Crippen LogP contribution is -2.47. The predicted molar refractivity (Wildman–Crippen MR) is 165 cm³/mol. The Bertz CT molecular complexity index is 1450. The van der Waals surface area contributed by atoms with Gasteiger partial charge >= 0.3 is 0 Å². The van der Waals surface area contributed by atoms with Crippen molar-refractivity contribution in [2.75, 3.05) is 13.2 Å². The zero-order valence-electron chi connectivity index (χ0n) is 24.1. The molecule has 2 amide bonds. The van der Waals surface area contributed by atoms with Crippen LogP contribution in [0.25, 0.3) is 0 Å². The number of hydrogen-bond donors (Lipinski definition) is 2. The van der Waals surface area contributed by atoms with Crippen molar-refractivity contribution in [1.29, 1.82) is 5.26 Å². The third-order valence-electron chi connectivity index (χ3n) is 6.04. The highest BCUT2D eigenvalue weighted by atomic mass is 79.9. The Morgan fingerprint density at radius 1 is 1.05 bits per heavy atom. The van der Waals surface area contributed by atoms with Gasteiger partial charge < -0.3 is 19.5 Å². The summed E-state index contributed by atoms with van der Waals surface area (Å²) in [6.45, 7) is 8.07. The van der Waals surface area contributed by atoms with Gasteiger partial charge in [-0.2, -0.15) is 10.4 Å². The Morgan fingerprint density at radius 3 is 2.50 bits per heavy atom. The van der Waals surface area contributed by atoms with Gasteiger partial charge in [-0.05, 0) is 77.5 Å². The Labute approximate surface area is 255 Å². The summed E-state index contributed by atoms with van der Waals surface area (Å²) in [4.78, 5) is 25.5. The fourth-order valence-corrected chi connectivity index (χ4v) is 4.59. The predicted octanol–water partition coefficient (Wildman–Crippen LogP) is 5.67. The van der Waals surface area contributed by atoms with E-state index < -0.39 is 17.9 Å². The van der Waals surface area contributed by atoms with Crippen LogP contribution >= 0.6 is 15.9 Å². The number of hydrogen-bond acceptors (Lipinski definition) is 7. The lowest BCUT2D eigenvalue weighted by molar-refractivity contribution is -0.130. The first kappa shape index (κ1) is 32.2. The van der Waals surface area contributed by atoms with Crippen molar-refractivity contribution in [1.82, 2.24) is 10.7 Å². The number of hydrazone groups is 1. The lowest BCUT2D eigenvalue weighted by Gasteiger charge is -2.19. The van der Waals surface area contributed by atoms with E-state index in [2.05, 4.69) is 37.8 Å². The number of aryl methyl sites for hydroxylation is 1. The quantitative estimate of drug-likeness (QED) is 0.174. The van der Waals surface area contributed by atoms with E-state index in [0.717, 1.165) is 11.1 Å². The van der Waals surface area contributed by atoms with Gasteiger partial charge in [0.05, 0.1) is 28.9 Å². The number of nitrogens with zero attached hydrogens (tertiary/aromatic N) is 2. The molecule has 0 aliphatic heterocycles. The number of ether oxygens (including phenoxy) is 3. The number of benzene rings is 3. The molecule has 0 aromatic heterocycles. The summed E-state index contributed by atoms with van der Waals surface area (Å²) in [5.74, 6) is 0.889. The fourth-order valence-electron chi connectivity index (χ4n) is 4.02. The number of nitrogens with one attached hydrogen (secondary N) is 2. The van der Waals surface area contributed by atoms with Gasteiger partial charge in [-0.3, -0.25) is 9.59 Å². The number of amides is 2. The molecular formula is C32H35BrN4O5. The maximum absolute atomic E-state index is 12.9. The van der Waals surface area contributed by atoms with Gasteiger partial charge in [0.2, 0.25) is 0 Å². The van der Waals surface area contributed by atoms with Crippen LogP contribution in [0.3, 0.4) is 0 Å². The summed E-state index contributed by atoms with van der Waals surface area (Å²) in [5, 5.41) is 16.2. The SMILES string of the molecule is CCOc1cc(/C=N\NC(=O)[C@H](CC(C)C)NC(=O)COc2ccccc2C)cc(Br)c1OCc1ccccc1C#N. The minimum absolute atomic E-state index is 0.152. The first-order valence-corrected chi connectivity index (χ1v) is 14.4. The second kappa shape index (κ2) is 16.2. The van der Waals surface area contributed by atoms with Crippen LogP contribution in [0.5, 0.6) is 17.2 Å². The van der Waals surface area contributed by atoms with E-state index in [4.69, 9.17) is 14.2 Å². The van der Waals surface area contributed by atoms with Gasteiger partial charge in [0.25, 0.3) is 11.8 Å². The molecule has 0 saturated carbocycles. The largest absolute Gasteiger partial charge is 0.490 e. The van der Waals surface area contributed by atoms with Crippen molar-refractivity contribution in [3.05, 3.63) is 87.4 Å². The van der Waals surface area contributed by atoms with Crippen LogP contribution in [0.15, 0.2) is 70.2 Å². The van der Waals surface area contributed by atoms with E-state index in [1.807, 2.05) is 58.0 Å². The topological polar surface area (TPSA) is 122 Å². The van der Waals surface area contributed by atoms with Gasteiger partial charge in [0.15, 0.2) is 18.1 Å². The molecule has 42 heavy (non-hydrogen) atoms. The van der Waals surface area contributed by atoms with Crippen LogP contribution in [0.2, 0.25) is 0 Å². The monoisotopic (exact) mass is 634 g/mol. The molecule has 0 saturated heterocycles. The summed E-state index contributed by atoms with van der Waals surface area (Å²) in [5.41, 5.74) is 5.38. The van der Waals surface area contributed by atoms with Crippen LogP contribution in [0, 0.1) is 24.2 Å². The maximum Gasteiger partial charge on any atom is 0.262 e. The molecule has 2 N–H and O–H groups in total. The molecule has 0 bridgehead atoms. The second-order valence-electron chi connectivity index (χ2n) is 9.86. The first-order chi connectivity index (χ1) is 20.2. The van der Waals surface area contributed by atoms with Crippen LogP contribution in [0.4, 0.5) is 0 Å². The summed E-state index contributed by atoms with van der Waals surface area (Å²) in [6.07, 6.45) is 1.91. The van der Waals surface area contributed by atoms with Gasteiger partial charge in [-0.25, -0.2) is 5.43 Å². The molecular weight excluding hydrogens is 600 g/mol. The van der Waals surface area contributed by atoms with Gasteiger partial charge in [-0.15, -0.1) is 0 Å². The Kier molecular flexibility index (Phi) is 12.4. The van der Waals surface area contributed by atoms with Gasteiger partial charge in [0.1, 0.15) is 18.4 Å². The first-order valence-electron chi connectivity index (χ1n) is 13.6. The highest BCUT2D eigenvalue weighted by Crippen LogP contribution is 2.37. The van der Waals surface area contributed by atoms with Crippen LogP contribution < -0.4 is 25.0 Å². The smallest absolute Gasteiger partial charge is 0.262 e. The van der Waals surface area contributed by atoms with Gasteiger partial charge in [0, 0.05) is 5.56 Å². The number of halogens is 1. The van der Waals surface area contributed by atoms with Crippen molar-refractivity contribution >= 4 is 34.0 Å². The number of para-hydroxylation sites is 1. The van der Waals surface area contributed by atoms with Crippen LogP contribution in [-0.4, -0.2) is 37.3 Å². The highest BCUT2D eigenvalue weighted by Gasteiger charge is 2.22. The van der Waals surface area contributed by atoms with Crippen molar-refractivity contribution < 1.29 is 23.8 Å². The van der Waals surface area contributed by atoms with Crippen molar-refractivity contribution in [2.24, 2.45) is 11.0 Å². The third kappa shape index (κ3) is 9.63. The van der Waals surface area contributed by atoms with Crippen molar-refractivity contribution in [3.8, 4) is 23.3 Å². The molecule has 9 nitrogen and oxygen atoms in total. The lowest BCUT2D eigenvalue weighted by atomic mass is 10.0. The van der Waals surface area contributed by atoms with E-state index in [-0.39, 0.29) is 19.1 Å². The average Bonchev–Trinajstić information content (AvgIpc) is 2.96. The third-order valence-corrected chi connectivity index (χ3v) is 6.63. The molecule has 0 unspecified atom stereocenters. The Hall–Kier alpha value is -4.36. The zero-order valence-corrected chi connectivity index (χ0v) is 25.7. The minimum Gasteiger partial charge on any atom is -0.490 e. The molecule has 10 heteroatoms. The molecule has 3 aromatic rings. The molecule has 0 spiro atoms.